The summed E-state index contributed by atoms with van der Waals surface area (Å²) in [7, 11) is 0. The summed E-state index contributed by atoms with van der Waals surface area (Å²) >= 11 is 0. The lowest BCUT2D eigenvalue weighted by Gasteiger charge is -2.16. The average molecular weight is 389 g/mol. The van der Waals surface area contributed by atoms with E-state index in [2.05, 4.69) is 30.8 Å². The van der Waals surface area contributed by atoms with Crippen molar-refractivity contribution in [3.8, 4) is 5.88 Å². The van der Waals surface area contributed by atoms with Crippen molar-refractivity contribution in [1.82, 2.24) is 20.2 Å². The van der Waals surface area contributed by atoms with Gasteiger partial charge in [-0.2, -0.15) is 15.1 Å². The van der Waals surface area contributed by atoms with Gasteiger partial charge in [0.05, 0.1) is 12.1 Å². The molecule has 0 aliphatic heterocycles. The van der Waals surface area contributed by atoms with Crippen LogP contribution in [0.25, 0.3) is 0 Å². The molecule has 28 heavy (non-hydrogen) atoms. The zero-order valence-electron chi connectivity index (χ0n) is 15.6. The van der Waals surface area contributed by atoms with Gasteiger partial charge in [-0.05, 0) is 26.8 Å². The van der Waals surface area contributed by atoms with Crippen molar-refractivity contribution in [3.63, 3.8) is 0 Å². The quantitative estimate of drug-likeness (QED) is 0.486. The molecule has 2 aromatic heterocycles. The monoisotopic (exact) mass is 389 g/mol. The Labute approximate surface area is 160 Å². The van der Waals surface area contributed by atoms with Crippen LogP contribution in [0.4, 0.5) is 32.2 Å². The SMILES string of the molecule is CC(C)Oc1cc(Nc2cc(NC(C)c3ccc(F)cc3F)nc(N)n2)n[nH]1. The largest absolute Gasteiger partial charge is 0.475 e. The predicted molar refractivity (Wildman–Crippen MR) is 102 cm³/mol. The first-order chi connectivity index (χ1) is 13.3. The summed E-state index contributed by atoms with van der Waals surface area (Å²) in [5, 5.41) is 12.9. The summed E-state index contributed by atoms with van der Waals surface area (Å²) in [6, 6.07) is 6.23. The van der Waals surface area contributed by atoms with Crippen LogP contribution < -0.4 is 21.1 Å². The van der Waals surface area contributed by atoms with Crippen molar-refractivity contribution in [1.29, 1.82) is 0 Å². The van der Waals surface area contributed by atoms with E-state index < -0.39 is 17.7 Å². The highest BCUT2D eigenvalue weighted by Gasteiger charge is 2.14. The molecule has 8 nitrogen and oxygen atoms in total. The van der Waals surface area contributed by atoms with Gasteiger partial charge in [0, 0.05) is 23.8 Å². The molecule has 0 saturated heterocycles. The summed E-state index contributed by atoms with van der Waals surface area (Å²) in [6.45, 7) is 5.54. The molecule has 0 amide bonds. The fourth-order valence-electron chi connectivity index (χ4n) is 2.57. The number of nitrogens with two attached hydrogens (primary N) is 1. The van der Waals surface area contributed by atoms with Crippen LogP contribution in [0.5, 0.6) is 5.88 Å². The maximum Gasteiger partial charge on any atom is 0.223 e. The van der Waals surface area contributed by atoms with Crippen molar-refractivity contribution in [2.45, 2.75) is 32.9 Å². The van der Waals surface area contributed by atoms with Crippen molar-refractivity contribution in [2.75, 3.05) is 16.4 Å². The number of aromatic amines is 1. The van der Waals surface area contributed by atoms with Crippen LogP contribution in [-0.4, -0.2) is 26.3 Å². The number of aromatic nitrogens is 4. The Bertz CT molecular complexity index is 961. The number of anilines is 4. The van der Waals surface area contributed by atoms with Gasteiger partial charge in [0.25, 0.3) is 0 Å². The lowest BCUT2D eigenvalue weighted by Crippen LogP contribution is -2.12. The predicted octanol–water partition coefficient (Wildman–Crippen LogP) is 3.76. The fourth-order valence-corrected chi connectivity index (χ4v) is 2.57. The summed E-state index contributed by atoms with van der Waals surface area (Å²) in [6.07, 6.45) is 0.00661. The number of nitrogens with one attached hydrogen (secondary N) is 3. The third-order valence-corrected chi connectivity index (χ3v) is 3.71. The number of rotatable bonds is 7. The topological polar surface area (TPSA) is 114 Å². The standard InChI is InChI=1S/C18H21F2N7O/c1-9(2)28-17-8-16(26-27-17)23-15-7-14(24-18(21)25-15)22-10(3)12-5-4-11(19)6-13(12)20/h4-10H,1-3H3,(H5,21,22,23,24,25,26,27). The molecule has 1 aromatic carbocycles. The zero-order chi connectivity index (χ0) is 20.3. The molecule has 3 rings (SSSR count). The van der Waals surface area contributed by atoms with Crippen LogP contribution >= 0.6 is 0 Å². The molecule has 2 heterocycles. The maximum absolute atomic E-state index is 14.0. The van der Waals surface area contributed by atoms with Crippen LogP contribution in [0.1, 0.15) is 32.4 Å². The molecule has 0 aliphatic rings. The maximum atomic E-state index is 14.0. The Hall–Kier alpha value is -3.43. The average Bonchev–Trinajstić information content (AvgIpc) is 3.00. The molecule has 0 aliphatic carbocycles. The second-order valence-electron chi connectivity index (χ2n) is 6.44. The third kappa shape index (κ3) is 4.84. The molecule has 5 N–H and O–H groups in total. The Morgan fingerprint density at radius 3 is 2.50 bits per heavy atom. The molecule has 0 spiro atoms. The number of ether oxygens (including phenoxy) is 1. The molecule has 148 valence electrons. The first-order valence-corrected chi connectivity index (χ1v) is 8.65. The van der Waals surface area contributed by atoms with Crippen LogP contribution in [0, 0.1) is 11.6 Å². The van der Waals surface area contributed by atoms with E-state index in [0.717, 1.165) is 6.07 Å². The van der Waals surface area contributed by atoms with E-state index in [1.165, 1.54) is 12.1 Å². The van der Waals surface area contributed by atoms with Crippen LogP contribution in [0.3, 0.4) is 0 Å². The fraction of sp³-hybridized carbons (Fsp3) is 0.278. The van der Waals surface area contributed by atoms with Gasteiger partial charge in [-0.1, -0.05) is 6.07 Å². The second kappa shape index (κ2) is 8.07. The van der Waals surface area contributed by atoms with Gasteiger partial charge in [0.1, 0.15) is 23.3 Å². The van der Waals surface area contributed by atoms with Crippen molar-refractivity contribution < 1.29 is 13.5 Å². The summed E-state index contributed by atoms with van der Waals surface area (Å²) in [4.78, 5) is 8.20. The van der Waals surface area contributed by atoms with Gasteiger partial charge in [0.2, 0.25) is 11.8 Å². The molecule has 3 aromatic rings. The molecular formula is C18H21F2N7O. The summed E-state index contributed by atoms with van der Waals surface area (Å²) in [5.74, 6) is 0.509. The van der Waals surface area contributed by atoms with E-state index >= 15 is 0 Å². The molecule has 10 heteroatoms. The highest BCUT2D eigenvalue weighted by atomic mass is 19.1. The molecule has 1 unspecified atom stereocenters. The highest BCUT2D eigenvalue weighted by Crippen LogP contribution is 2.24. The van der Waals surface area contributed by atoms with Gasteiger partial charge < -0.3 is 21.1 Å². The number of halogens is 2. The molecule has 0 saturated carbocycles. The van der Waals surface area contributed by atoms with Crippen LogP contribution in [0.2, 0.25) is 0 Å². The van der Waals surface area contributed by atoms with E-state index in [4.69, 9.17) is 10.5 Å². The van der Waals surface area contributed by atoms with Crippen LogP contribution in [-0.2, 0) is 0 Å². The van der Waals surface area contributed by atoms with Gasteiger partial charge in [0.15, 0.2) is 5.82 Å². The summed E-state index contributed by atoms with van der Waals surface area (Å²) in [5.41, 5.74) is 6.07. The minimum absolute atomic E-state index is 0.00661. The van der Waals surface area contributed by atoms with E-state index in [9.17, 15) is 8.78 Å². The molecule has 1 atom stereocenters. The first kappa shape index (κ1) is 19.3. The Morgan fingerprint density at radius 2 is 1.79 bits per heavy atom. The minimum atomic E-state index is -0.644. The number of H-pyrrole nitrogens is 1. The number of nitrogens with zero attached hydrogens (tertiary/aromatic N) is 3. The normalized spacial score (nSPS) is 12.1. The zero-order valence-corrected chi connectivity index (χ0v) is 15.6. The number of hydrogen-bond acceptors (Lipinski definition) is 7. The Morgan fingerprint density at radius 1 is 1.04 bits per heavy atom. The van der Waals surface area contributed by atoms with Gasteiger partial charge in [-0.25, -0.2) is 13.9 Å². The number of nitrogen functional groups attached to an aromatic ring is 1. The smallest absolute Gasteiger partial charge is 0.223 e. The van der Waals surface area contributed by atoms with E-state index in [1.807, 2.05) is 13.8 Å². The molecule has 0 fully saturated rings. The number of benzene rings is 1. The van der Waals surface area contributed by atoms with Gasteiger partial charge >= 0.3 is 0 Å². The molecular weight excluding hydrogens is 368 g/mol. The first-order valence-electron chi connectivity index (χ1n) is 8.65. The van der Waals surface area contributed by atoms with Crippen molar-refractivity contribution in [2.24, 2.45) is 0 Å². The third-order valence-electron chi connectivity index (χ3n) is 3.71. The molecule has 0 radical (unpaired) electrons. The number of hydrogen-bond donors (Lipinski definition) is 4. The van der Waals surface area contributed by atoms with Crippen molar-refractivity contribution >= 4 is 23.4 Å². The lowest BCUT2D eigenvalue weighted by molar-refractivity contribution is 0.232. The minimum Gasteiger partial charge on any atom is -0.475 e. The van der Waals surface area contributed by atoms with E-state index in [0.29, 0.717) is 28.9 Å². The van der Waals surface area contributed by atoms with Crippen molar-refractivity contribution in [3.05, 3.63) is 47.5 Å². The lowest BCUT2D eigenvalue weighted by atomic mass is 10.1. The van der Waals surface area contributed by atoms with Gasteiger partial charge in [-0.15, -0.1) is 0 Å². The highest BCUT2D eigenvalue weighted by molar-refractivity contribution is 5.59. The van der Waals surface area contributed by atoms with E-state index in [1.54, 1.807) is 19.1 Å². The summed E-state index contributed by atoms with van der Waals surface area (Å²) < 4.78 is 32.6. The van der Waals surface area contributed by atoms with E-state index in [-0.39, 0.29) is 12.1 Å². The van der Waals surface area contributed by atoms with Crippen LogP contribution in [0.15, 0.2) is 30.3 Å². The second-order valence-corrected chi connectivity index (χ2v) is 6.44. The van der Waals surface area contributed by atoms with Gasteiger partial charge in [-0.3, -0.25) is 0 Å². The Kier molecular flexibility index (Phi) is 5.57. The Balaban J connectivity index is 1.74. The molecule has 0 bridgehead atoms.